The molecule has 0 saturated carbocycles. The molecule has 0 atom stereocenters. The van der Waals surface area contributed by atoms with Crippen LogP contribution in [0.5, 0.6) is 0 Å². The largest absolute Gasteiger partial charge is 0.388 e. The Kier molecular flexibility index (Phi) is 8.75. The van der Waals surface area contributed by atoms with Gasteiger partial charge in [-0.25, -0.2) is 4.98 Å². The lowest BCUT2D eigenvalue weighted by Gasteiger charge is -2.01. The molecule has 3 nitrogen and oxygen atoms in total. The minimum Gasteiger partial charge on any atom is -0.388 e. The molecule has 3 N–H and O–H groups in total. The summed E-state index contributed by atoms with van der Waals surface area (Å²) < 4.78 is 0. The van der Waals surface area contributed by atoms with E-state index in [-0.39, 0.29) is 0 Å². The molecule has 0 aliphatic carbocycles. The number of hydrogen-bond donors (Lipinski definition) is 2. The zero-order chi connectivity index (χ0) is 17.1. The maximum atomic E-state index is 4.87. The molecular formula is C18H21N3S2. The van der Waals surface area contributed by atoms with Gasteiger partial charge in [-0.05, 0) is 17.5 Å². The third kappa shape index (κ3) is 5.90. The van der Waals surface area contributed by atoms with Crippen LogP contribution in [-0.4, -0.2) is 23.9 Å². The Hall–Kier alpha value is -2.08. The zero-order valence-corrected chi connectivity index (χ0v) is 14.8. The van der Waals surface area contributed by atoms with Crippen molar-refractivity contribution in [1.82, 2.24) is 4.98 Å². The summed E-state index contributed by atoms with van der Waals surface area (Å²) >= 11 is 5.92. The van der Waals surface area contributed by atoms with Crippen molar-refractivity contribution in [1.29, 1.82) is 0 Å². The number of nitrogens with zero attached hydrogens (tertiary/aromatic N) is 1. The van der Waals surface area contributed by atoms with Gasteiger partial charge in [0.25, 0.3) is 0 Å². The summed E-state index contributed by atoms with van der Waals surface area (Å²) in [4.78, 5) is 4.64. The summed E-state index contributed by atoms with van der Waals surface area (Å²) in [6, 6.07) is 8.22. The number of anilines is 1. The minimum absolute atomic E-state index is 0.509. The molecule has 23 heavy (non-hydrogen) atoms. The maximum absolute atomic E-state index is 4.87. The lowest BCUT2D eigenvalue weighted by Crippen LogP contribution is -1.95. The molecule has 2 aromatic rings. The summed E-state index contributed by atoms with van der Waals surface area (Å²) in [5.74, 6) is 0. The van der Waals surface area contributed by atoms with E-state index in [0.717, 1.165) is 27.5 Å². The predicted octanol–water partition coefficient (Wildman–Crippen LogP) is 4.55. The fourth-order valence-electron chi connectivity index (χ4n) is 1.70. The molecule has 5 heteroatoms. The summed E-state index contributed by atoms with van der Waals surface area (Å²) in [5.41, 5.74) is 9.06. The first-order chi connectivity index (χ1) is 11.2. The SMILES string of the molecule is C=C/C=C(\C=C)c1nc(-c2ccc(NC)cc2)cs1.NCC=S. The van der Waals surface area contributed by atoms with E-state index in [0.29, 0.717) is 6.54 Å². The molecule has 1 aromatic carbocycles. The number of aromatic nitrogens is 1. The fourth-order valence-corrected chi connectivity index (χ4v) is 2.55. The Morgan fingerprint density at radius 1 is 1.35 bits per heavy atom. The molecule has 0 amide bonds. The third-order valence-corrected chi connectivity index (χ3v) is 3.92. The van der Waals surface area contributed by atoms with Gasteiger partial charge in [-0.3, -0.25) is 0 Å². The lowest BCUT2D eigenvalue weighted by atomic mass is 10.1. The second-order valence-electron chi connectivity index (χ2n) is 4.33. The Morgan fingerprint density at radius 2 is 2.00 bits per heavy atom. The van der Waals surface area contributed by atoms with Crippen molar-refractivity contribution < 1.29 is 0 Å². The second kappa shape index (κ2) is 10.6. The van der Waals surface area contributed by atoms with Gasteiger partial charge in [0.05, 0.1) is 5.69 Å². The Balaban J connectivity index is 0.000000593. The molecule has 1 aromatic heterocycles. The van der Waals surface area contributed by atoms with E-state index in [1.165, 1.54) is 5.37 Å². The van der Waals surface area contributed by atoms with Gasteiger partial charge >= 0.3 is 0 Å². The molecule has 0 spiro atoms. The number of hydrogen-bond acceptors (Lipinski definition) is 5. The molecular weight excluding hydrogens is 322 g/mol. The van der Waals surface area contributed by atoms with E-state index in [4.69, 9.17) is 5.73 Å². The number of nitrogens with one attached hydrogen (secondary N) is 1. The molecule has 0 aliphatic heterocycles. The quantitative estimate of drug-likeness (QED) is 0.597. The number of rotatable bonds is 6. The zero-order valence-electron chi connectivity index (χ0n) is 13.2. The highest BCUT2D eigenvalue weighted by Gasteiger charge is 2.06. The molecule has 0 unspecified atom stereocenters. The van der Waals surface area contributed by atoms with Gasteiger partial charge in [0.15, 0.2) is 0 Å². The van der Waals surface area contributed by atoms with Crippen molar-refractivity contribution in [2.45, 2.75) is 0 Å². The fraction of sp³-hybridized carbons (Fsp3) is 0.111. The number of nitrogens with two attached hydrogens (primary N) is 1. The summed E-state index contributed by atoms with van der Waals surface area (Å²) in [6.07, 6.45) is 5.47. The van der Waals surface area contributed by atoms with Crippen molar-refractivity contribution in [3.05, 3.63) is 66.0 Å². The average Bonchev–Trinajstić information content (AvgIpc) is 3.09. The van der Waals surface area contributed by atoms with Crippen molar-refractivity contribution in [3.63, 3.8) is 0 Å². The predicted molar refractivity (Wildman–Crippen MR) is 108 cm³/mol. The van der Waals surface area contributed by atoms with E-state index in [2.05, 4.69) is 53.2 Å². The second-order valence-corrected chi connectivity index (χ2v) is 5.52. The first-order valence-electron chi connectivity index (χ1n) is 7.03. The van der Waals surface area contributed by atoms with Crippen LogP contribution in [0.2, 0.25) is 0 Å². The topological polar surface area (TPSA) is 50.9 Å². The molecule has 0 radical (unpaired) electrons. The van der Waals surface area contributed by atoms with Crippen molar-refractivity contribution in [3.8, 4) is 11.3 Å². The number of allylic oxidation sites excluding steroid dienone is 4. The van der Waals surface area contributed by atoms with Crippen molar-refractivity contribution in [2.75, 3.05) is 18.9 Å². The number of thiazole rings is 1. The third-order valence-electron chi connectivity index (χ3n) is 2.83. The molecule has 1 heterocycles. The van der Waals surface area contributed by atoms with Gasteiger partial charge in [0.2, 0.25) is 0 Å². The van der Waals surface area contributed by atoms with Crippen LogP contribution in [-0.2, 0) is 0 Å². The highest BCUT2D eigenvalue weighted by molar-refractivity contribution is 7.79. The van der Waals surface area contributed by atoms with Gasteiger partial charge in [-0.1, -0.05) is 55.7 Å². The molecule has 2 rings (SSSR count). The van der Waals surface area contributed by atoms with Crippen LogP contribution < -0.4 is 11.1 Å². The van der Waals surface area contributed by atoms with Crippen LogP contribution in [0.15, 0.2) is 61.0 Å². The van der Waals surface area contributed by atoms with E-state index < -0.39 is 0 Å². The van der Waals surface area contributed by atoms with E-state index in [9.17, 15) is 0 Å². The van der Waals surface area contributed by atoms with E-state index in [1.54, 1.807) is 23.5 Å². The van der Waals surface area contributed by atoms with Gasteiger partial charge in [0, 0.05) is 35.8 Å². The first-order valence-corrected chi connectivity index (χ1v) is 8.38. The monoisotopic (exact) mass is 343 g/mol. The lowest BCUT2D eigenvalue weighted by molar-refractivity contribution is 1.36. The van der Waals surface area contributed by atoms with Gasteiger partial charge in [-0.2, -0.15) is 0 Å². The van der Waals surface area contributed by atoms with E-state index >= 15 is 0 Å². The molecule has 120 valence electrons. The molecule has 0 saturated heterocycles. The van der Waals surface area contributed by atoms with Crippen LogP contribution in [0, 0.1) is 0 Å². The van der Waals surface area contributed by atoms with Crippen LogP contribution in [0.3, 0.4) is 0 Å². The van der Waals surface area contributed by atoms with Crippen LogP contribution in [0.25, 0.3) is 16.8 Å². The molecule has 0 bridgehead atoms. The highest BCUT2D eigenvalue weighted by atomic mass is 32.1. The van der Waals surface area contributed by atoms with Crippen LogP contribution in [0.4, 0.5) is 5.69 Å². The number of thiocarbonyl (C=S) groups is 1. The summed E-state index contributed by atoms with van der Waals surface area (Å²) in [7, 11) is 1.91. The van der Waals surface area contributed by atoms with Gasteiger partial charge in [0.1, 0.15) is 5.01 Å². The Bertz CT molecular complexity index is 670. The molecule has 0 aliphatic rings. The van der Waals surface area contributed by atoms with Crippen molar-refractivity contribution >= 4 is 40.2 Å². The smallest absolute Gasteiger partial charge is 0.124 e. The normalized spacial score (nSPS) is 10.3. The first kappa shape index (κ1) is 19.0. The van der Waals surface area contributed by atoms with Crippen LogP contribution in [0.1, 0.15) is 5.01 Å². The van der Waals surface area contributed by atoms with Gasteiger partial charge in [-0.15, -0.1) is 11.3 Å². The van der Waals surface area contributed by atoms with Crippen LogP contribution >= 0.6 is 23.6 Å². The standard InChI is InChI=1S/C16H16N2S.C2H5NS/c1-4-6-12(5-2)16-18-15(11-19-16)13-7-9-14(17-3)10-8-13;3-1-2-4/h4-11,17H,1-2H2,3H3;2H,1,3H2/b12-6+;. The number of benzene rings is 1. The minimum atomic E-state index is 0.509. The Morgan fingerprint density at radius 3 is 2.48 bits per heavy atom. The summed E-state index contributed by atoms with van der Waals surface area (Å²) in [5, 5.41) is 7.61. The van der Waals surface area contributed by atoms with E-state index in [1.807, 2.05) is 25.3 Å². The van der Waals surface area contributed by atoms with Crippen molar-refractivity contribution in [2.24, 2.45) is 5.73 Å². The summed E-state index contributed by atoms with van der Waals surface area (Å²) in [6.45, 7) is 8.02. The maximum Gasteiger partial charge on any atom is 0.124 e. The highest BCUT2D eigenvalue weighted by Crippen LogP contribution is 2.27. The Labute approximate surface area is 147 Å². The van der Waals surface area contributed by atoms with Gasteiger partial charge < -0.3 is 11.1 Å². The average molecular weight is 344 g/mol. The molecule has 0 fully saturated rings.